The molecule has 70 valence electrons. The molecule has 3 heteroatoms. The Balaban J connectivity index is 2.75. The highest BCUT2D eigenvalue weighted by atomic mass is 16.1. The van der Waals surface area contributed by atoms with Gasteiger partial charge in [0.15, 0.2) is 5.78 Å². The van der Waals surface area contributed by atoms with E-state index in [1.165, 1.54) is 0 Å². The maximum Gasteiger partial charge on any atom is 0.164 e. The summed E-state index contributed by atoms with van der Waals surface area (Å²) in [6.07, 6.45) is 2.17. The van der Waals surface area contributed by atoms with Crippen molar-refractivity contribution in [1.29, 1.82) is 0 Å². The van der Waals surface area contributed by atoms with Crippen molar-refractivity contribution in [3.8, 4) is 0 Å². The number of nitrogens with zero attached hydrogens (tertiary/aromatic N) is 1. The van der Waals surface area contributed by atoms with E-state index in [1.54, 1.807) is 6.20 Å². The summed E-state index contributed by atoms with van der Waals surface area (Å²) in [4.78, 5) is 15.4. The molecule has 1 aromatic heterocycles. The molecule has 0 aliphatic carbocycles. The van der Waals surface area contributed by atoms with E-state index < -0.39 is 0 Å². The van der Waals surface area contributed by atoms with Gasteiger partial charge in [-0.2, -0.15) is 0 Å². The Morgan fingerprint density at radius 1 is 1.54 bits per heavy atom. The largest absolute Gasteiger partial charge is 0.314 e. The van der Waals surface area contributed by atoms with Gasteiger partial charge in [0.05, 0.1) is 5.69 Å². The fourth-order valence-corrected chi connectivity index (χ4v) is 1.08. The average molecular weight is 178 g/mol. The van der Waals surface area contributed by atoms with Gasteiger partial charge in [-0.25, -0.2) is 0 Å². The number of carbonyl (C=O) groups excluding carboxylic acids is 1. The highest BCUT2D eigenvalue weighted by Gasteiger charge is 2.02. The van der Waals surface area contributed by atoms with E-state index in [9.17, 15) is 4.79 Å². The maximum absolute atomic E-state index is 11.2. The second kappa shape index (κ2) is 4.72. The summed E-state index contributed by atoms with van der Waals surface area (Å²) in [5.41, 5.74) is 1.65. The van der Waals surface area contributed by atoms with Gasteiger partial charge in [0.1, 0.15) is 0 Å². The zero-order valence-electron chi connectivity index (χ0n) is 8.00. The number of ketones is 1. The minimum Gasteiger partial charge on any atom is -0.314 e. The van der Waals surface area contributed by atoms with Crippen molar-refractivity contribution in [2.24, 2.45) is 0 Å². The minimum atomic E-state index is 0.142. The Morgan fingerprint density at radius 3 is 2.77 bits per heavy atom. The van der Waals surface area contributed by atoms with Crippen LogP contribution in [0.4, 0.5) is 0 Å². The number of carbonyl (C=O) groups is 1. The first-order valence-corrected chi connectivity index (χ1v) is 4.40. The lowest BCUT2D eigenvalue weighted by molar-refractivity contribution is 0.0988. The molecule has 1 aromatic rings. The van der Waals surface area contributed by atoms with Gasteiger partial charge in [-0.3, -0.25) is 9.78 Å². The average Bonchev–Trinajstić information content (AvgIpc) is 2.18. The second-order valence-corrected chi connectivity index (χ2v) is 2.85. The molecule has 0 aromatic carbocycles. The molecule has 0 aliphatic heterocycles. The normalized spacial score (nSPS) is 10.0. The van der Waals surface area contributed by atoms with Gasteiger partial charge in [-0.1, -0.05) is 6.92 Å². The molecule has 0 unspecified atom stereocenters. The molecule has 0 aliphatic rings. The number of aromatic nitrogens is 1. The Morgan fingerprint density at radius 2 is 2.31 bits per heavy atom. The quantitative estimate of drug-likeness (QED) is 0.708. The minimum absolute atomic E-state index is 0.142. The molecule has 0 saturated carbocycles. The number of nitrogens with one attached hydrogen (secondary N) is 1. The summed E-state index contributed by atoms with van der Waals surface area (Å²) in [6.45, 7) is 2.59. The van der Waals surface area contributed by atoms with E-state index in [0.29, 0.717) is 12.0 Å². The molecule has 1 N–H and O–H groups in total. The third kappa shape index (κ3) is 2.63. The van der Waals surface area contributed by atoms with Crippen LogP contribution in [0.1, 0.15) is 29.4 Å². The van der Waals surface area contributed by atoms with Gasteiger partial charge in [0.25, 0.3) is 0 Å². The highest BCUT2D eigenvalue weighted by Crippen LogP contribution is 2.03. The van der Waals surface area contributed by atoms with Crippen LogP contribution in [0.25, 0.3) is 0 Å². The van der Waals surface area contributed by atoms with Crippen LogP contribution in [0, 0.1) is 0 Å². The maximum atomic E-state index is 11.2. The summed E-state index contributed by atoms with van der Waals surface area (Å²) < 4.78 is 0. The standard InChI is InChI=1S/C10H14N2O/c1-3-10(13)8-4-5-9(7-11-2)12-6-8/h4-6,11H,3,7H2,1-2H3. The molecule has 0 radical (unpaired) electrons. The van der Waals surface area contributed by atoms with E-state index in [-0.39, 0.29) is 5.78 Å². The molecule has 3 nitrogen and oxygen atoms in total. The van der Waals surface area contributed by atoms with Crippen molar-refractivity contribution in [3.63, 3.8) is 0 Å². The molecular weight excluding hydrogens is 164 g/mol. The van der Waals surface area contributed by atoms with E-state index in [1.807, 2.05) is 26.1 Å². The lowest BCUT2D eigenvalue weighted by Gasteiger charge is -2.00. The predicted molar refractivity (Wildman–Crippen MR) is 51.6 cm³/mol. The topological polar surface area (TPSA) is 42.0 Å². The Labute approximate surface area is 78.2 Å². The van der Waals surface area contributed by atoms with Crippen molar-refractivity contribution in [3.05, 3.63) is 29.6 Å². The molecule has 0 bridgehead atoms. The molecule has 0 fully saturated rings. The number of hydrogen-bond acceptors (Lipinski definition) is 3. The fraction of sp³-hybridized carbons (Fsp3) is 0.400. The summed E-state index contributed by atoms with van der Waals surface area (Å²) in [5, 5.41) is 3.00. The first kappa shape index (κ1) is 9.86. The van der Waals surface area contributed by atoms with Crippen LogP contribution < -0.4 is 5.32 Å². The lowest BCUT2D eigenvalue weighted by atomic mass is 10.1. The van der Waals surface area contributed by atoms with Gasteiger partial charge >= 0.3 is 0 Å². The SMILES string of the molecule is CCC(=O)c1ccc(CNC)nc1. The number of pyridine rings is 1. The number of rotatable bonds is 4. The summed E-state index contributed by atoms with van der Waals surface area (Å²) >= 11 is 0. The van der Waals surface area contributed by atoms with Crippen molar-refractivity contribution in [2.75, 3.05) is 7.05 Å². The predicted octanol–water partition coefficient (Wildman–Crippen LogP) is 1.39. The highest BCUT2D eigenvalue weighted by molar-refractivity contribution is 5.95. The molecule has 0 amide bonds. The van der Waals surface area contributed by atoms with E-state index >= 15 is 0 Å². The first-order valence-electron chi connectivity index (χ1n) is 4.40. The summed E-state index contributed by atoms with van der Waals surface area (Å²) in [5.74, 6) is 0.142. The summed E-state index contributed by atoms with van der Waals surface area (Å²) in [7, 11) is 1.87. The van der Waals surface area contributed by atoms with Gasteiger partial charge < -0.3 is 5.32 Å². The van der Waals surface area contributed by atoms with Crippen LogP contribution in [-0.4, -0.2) is 17.8 Å². The molecule has 1 rings (SSSR count). The van der Waals surface area contributed by atoms with E-state index in [0.717, 1.165) is 12.2 Å². The Bertz CT molecular complexity index is 279. The van der Waals surface area contributed by atoms with Crippen molar-refractivity contribution in [1.82, 2.24) is 10.3 Å². The zero-order chi connectivity index (χ0) is 9.68. The van der Waals surface area contributed by atoms with Gasteiger partial charge in [0, 0.05) is 24.7 Å². The fourth-order valence-electron chi connectivity index (χ4n) is 1.08. The molecule has 0 saturated heterocycles. The van der Waals surface area contributed by atoms with Crippen molar-refractivity contribution >= 4 is 5.78 Å². The third-order valence-corrected chi connectivity index (χ3v) is 1.83. The van der Waals surface area contributed by atoms with Crippen molar-refractivity contribution in [2.45, 2.75) is 19.9 Å². The number of hydrogen-bond donors (Lipinski definition) is 1. The van der Waals surface area contributed by atoms with E-state index in [2.05, 4.69) is 10.3 Å². The van der Waals surface area contributed by atoms with Gasteiger partial charge in [-0.15, -0.1) is 0 Å². The number of Topliss-reactive ketones (excluding diaryl/α,β-unsaturated/α-hetero) is 1. The van der Waals surface area contributed by atoms with Crippen LogP contribution in [0.3, 0.4) is 0 Å². The van der Waals surface area contributed by atoms with Gasteiger partial charge in [-0.05, 0) is 19.2 Å². The third-order valence-electron chi connectivity index (χ3n) is 1.83. The van der Waals surface area contributed by atoms with E-state index in [4.69, 9.17) is 0 Å². The van der Waals surface area contributed by atoms with Crippen LogP contribution in [-0.2, 0) is 6.54 Å². The summed E-state index contributed by atoms with van der Waals surface area (Å²) in [6, 6.07) is 3.70. The molecule has 0 atom stereocenters. The monoisotopic (exact) mass is 178 g/mol. The Hall–Kier alpha value is -1.22. The molecule has 1 heterocycles. The van der Waals surface area contributed by atoms with Crippen LogP contribution in [0.2, 0.25) is 0 Å². The zero-order valence-corrected chi connectivity index (χ0v) is 8.00. The van der Waals surface area contributed by atoms with Crippen molar-refractivity contribution < 1.29 is 4.79 Å². The molecule has 13 heavy (non-hydrogen) atoms. The lowest BCUT2D eigenvalue weighted by Crippen LogP contribution is -2.07. The van der Waals surface area contributed by atoms with Crippen LogP contribution in [0.5, 0.6) is 0 Å². The van der Waals surface area contributed by atoms with Crippen LogP contribution in [0.15, 0.2) is 18.3 Å². The first-order chi connectivity index (χ1) is 6.27. The van der Waals surface area contributed by atoms with Gasteiger partial charge in [0.2, 0.25) is 0 Å². The molecular formula is C10H14N2O. The Kier molecular flexibility index (Phi) is 3.58. The smallest absolute Gasteiger partial charge is 0.164 e. The van der Waals surface area contributed by atoms with Crippen LogP contribution >= 0.6 is 0 Å². The molecule has 0 spiro atoms. The second-order valence-electron chi connectivity index (χ2n) is 2.85.